The number of hydrogen-bond acceptors (Lipinski definition) is 3. The molecule has 3 nitrogen and oxygen atoms in total. The number of hydrogen-bond donors (Lipinski definition) is 3. The highest BCUT2D eigenvalue weighted by molar-refractivity contribution is 5.29. The molecule has 1 aliphatic rings. The highest BCUT2D eigenvalue weighted by atomic mass is 16.3. The number of nitrogens with one attached hydrogen (secondary N) is 1. The Bertz CT molecular complexity index is 367. The fourth-order valence-electron chi connectivity index (χ4n) is 2.62. The molecule has 2 rings (SSSR count). The molecule has 0 unspecified atom stereocenters. The molecule has 0 spiro atoms. The first-order valence-corrected chi connectivity index (χ1v) is 6.43. The van der Waals surface area contributed by atoms with Crippen LogP contribution in [-0.2, 0) is 0 Å². The van der Waals surface area contributed by atoms with Crippen LogP contribution >= 0.6 is 0 Å². The lowest BCUT2D eigenvalue weighted by molar-refractivity contribution is 0.134. The number of phenolic OH excluding ortho intramolecular Hbond substituents is 1. The van der Waals surface area contributed by atoms with Crippen LogP contribution < -0.4 is 5.32 Å². The summed E-state index contributed by atoms with van der Waals surface area (Å²) in [6.45, 7) is 2.18. The van der Waals surface area contributed by atoms with Crippen molar-refractivity contribution in [2.45, 2.75) is 50.8 Å². The second-order valence-corrected chi connectivity index (χ2v) is 4.88. The molecule has 17 heavy (non-hydrogen) atoms. The Morgan fingerprint density at radius 3 is 2.94 bits per heavy atom. The van der Waals surface area contributed by atoms with Gasteiger partial charge in [-0.25, -0.2) is 0 Å². The van der Waals surface area contributed by atoms with Gasteiger partial charge in [0.05, 0.1) is 6.10 Å². The Morgan fingerprint density at radius 2 is 2.24 bits per heavy atom. The number of rotatable bonds is 4. The van der Waals surface area contributed by atoms with E-state index in [9.17, 15) is 10.2 Å². The van der Waals surface area contributed by atoms with E-state index in [1.165, 1.54) is 12.8 Å². The van der Waals surface area contributed by atoms with Crippen LogP contribution in [0.15, 0.2) is 24.3 Å². The third kappa shape index (κ3) is 2.99. The van der Waals surface area contributed by atoms with Crippen LogP contribution in [0.3, 0.4) is 0 Å². The molecular weight excluding hydrogens is 214 g/mol. The monoisotopic (exact) mass is 235 g/mol. The highest BCUT2D eigenvalue weighted by Crippen LogP contribution is 2.28. The maximum absolute atomic E-state index is 10.3. The van der Waals surface area contributed by atoms with Crippen molar-refractivity contribution in [3.8, 4) is 5.75 Å². The molecule has 0 amide bonds. The number of phenols is 1. The zero-order valence-electron chi connectivity index (χ0n) is 10.3. The zero-order chi connectivity index (χ0) is 12.3. The standard InChI is InChI=1S/C14H21NO2/c1-2-4-11-7-8-13(15-11)14(17)10-5-3-6-12(16)9-10/h3,5-6,9,11,13-17H,2,4,7-8H2,1H3/t11-,13+,14-/m0/s1. The first-order chi connectivity index (χ1) is 8.20. The minimum atomic E-state index is -0.524. The summed E-state index contributed by atoms with van der Waals surface area (Å²) in [6, 6.07) is 7.55. The maximum atomic E-state index is 10.3. The first kappa shape index (κ1) is 12.4. The summed E-state index contributed by atoms with van der Waals surface area (Å²) in [7, 11) is 0. The van der Waals surface area contributed by atoms with Gasteiger partial charge in [0, 0.05) is 12.1 Å². The minimum absolute atomic E-state index is 0.119. The average molecular weight is 235 g/mol. The summed E-state index contributed by atoms with van der Waals surface area (Å²) in [6.07, 6.45) is 3.95. The van der Waals surface area contributed by atoms with E-state index in [2.05, 4.69) is 12.2 Å². The van der Waals surface area contributed by atoms with E-state index < -0.39 is 6.10 Å². The molecular formula is C14H21NO2. The van der Waals surface area contributed by atoms with Gasteiger partial charge in [-0.05, 0) is 37.0 Å². The molecule has 0 aliphatic carbocycles. The second-order valence-electron chi connectivity index (χ2n) is 4.88. The smallest absolute Gasteiger partial charge is 0.115 e. The average Bonchev–Trinajstić information content (AvgIpc) is 2.77. The van der Waals surface area contributed by atoms with Crippen molar-refractivity contribution in [2.24, 2.45) is 0 Å². The highest BCUT2D eigenvalue weighted by Gasteiger charge is 2.29. The van der Waals surface area contributed by atoms with Gasteiger partial charge in [0.1, 0.15) is 5.75 Å². The third-order valence-electron chi connectivity index (χ3n) is 3.51. The summed E-state index contributed by atoms with van der Waals surface area (Å²) < 4.78 is 0. The normalized spacial score (nSPS) is 26.0. The summed E-state index contributed by atoms with van der Waals surface area (Å²) in [4.78, 5) is 0. The van der Waals surface area contributed by atoms with Crippen LogP contribution in [-0.4, -0.2) is 22.3 Å². The van der Waals surface area contributed by atoms with Crippen LogP contribution in [0.25, 0.3) is 0 Å². The summed E-state index contributed by atoms with van der Waals surface area (Å²) in [5.74, 6) is 0.213. The van der Waals surface area contributed by atoms with Crippen molar-refractivity contribution in [3.05, 3.63) is 29.8 Å². The molecule has 0 bridgehead atoms. The van der Waals surface area contributed by atoms with E-state index in [-0.39, 0.29) is 11.8 Å². The first-order valence-electron chi connectivity index (χ1n) is 6.43. The predicted octanol–water partition coefficient (Wildman–Crippen LogP) is 2.35. The van der Waals surface area contributed by atoms with Crippen molar-refractivity contribution in [3.63, 3.8) is 0 Å². The minimum Gasteiger partial charge on any atom is -0.508 e. The molecule has 0 radical (unpaired) electrons. The largest absolute Gasteiger partial charge is 0.508 e. The van der Waals surface area contributed by atoms with Gasteiger partial charge in [-0.2, -0.15) is 0 Å². The van der Waals surface area contributed by atoms with Crippen LogP contribution in [0.4, 0.5) is 0 Å². The van der Waals surface area contributed by atoms with E-state index in [1.807, 2.05) is 6.07 Å². The third-order valence-corrected chi connectivity index (χ3v) is 3.51. The molecule has 0 aromatic heterocycles. The Balaban J connectivity index is 1.99. The molecule has 1 fully saturated rings. The molecule has 1 heterocycles. The predicted molar refractivity (Wildman–Crippen MR) is 67.9 cm³/mol. The molecule has 0 saturated carbocycles. The van der Waals surface area contributed by atoms with E-state index in [0.29, 0.717) is 6.04 Å². The molecule has 94 valence electrons. The number of benzene rings is 1. The topological polar surface area (TPSA) is 52.5 Å². The van der Waals surface area contributed by atoms with Gasteiger partial charge in [0.2, 0.25) is 0 Å². The lowest BCUT2D eigenvalue weighted by atomic mass is 10.0. The molecule has 1 aromatic carbocycles. The molecule has 3 atom stereocenters. The molecule has 3 N–H and O–H groups in total. The second kappa shape index (κ2) is 5.52. The summed E-state index contributed by atoms with van der Waals surface area (Å²) in [5.41, 5.74) is 0.791. The van der Waals surface area contributed by atoms with Gasteiger partial charge in [0.15, 0.2) is 0 Å². The zero-order valence-corrected chi connectivity index (χ0v) is 10.3. The van der Waals surface area contributed by atoms with E-state index in [4.69, 9.17) is 0 Å². The van der Waals surface area contributed by atoms with E-state index in [1.54, 1.807) is 18.2 Å². The summed E-state index contributed by atoms with van der Waals surface area (Å²) in [5, 5.41) is 23.1. The van der Waals surface area contributed by atoms with Gasteiger partial charge in [-0.1, -0.05) is 25.5 Å². The molecule has 1 saturated heterocycles. The lowest BCUT2D eigenvalue weighted by Gasteiger charge is -2.20. The van der Waals surface area contributed by atoms with Gasteiger partial charge in [-0.3, -0.25) is 0 Å². The van der Waals surface area contributed by atoms with Crippen LogP contribution in [0, 0.1) is 0 Å². The van der Waals surface area contributed by atoms with Crippen LogP contribution in [0.1, 0.15) is 44.3 Å². The Hall–Kier alpha value is -1.06. The van der Waals surface area contributed by atoms with Crippen molar-refractivity contribution >= 4 is 0 Å². The van der Waals surface area contributed by atoms with Gasteiger partial charge < -0.3 is 15.5 Å². The van der Waals surface area contributed by atoms with E-state index in [0.717, 1.165) is 18.4 Å². The number of aliphatic hydroxyl groups is 1. The van der Waals surface area contributed by atoms with E-state index >= 15 is 0 Å². The molecule has 1 aromatic rings. The van der Waals surface area contributed by atoms with Crippen molar-refractivity contribution < 1.29 is 10.2 Å². The van der Waals surface area contributed by atoms with Gasteiger partial charge >= 0.3 is 0 Å². The SMILES string of the molecule is CCC[C@H]1CC[C@H]([C@@H](O)c2cccc(O)c2)N1. The van der Waals surface area contributed by atoms with Gasteiger partial charge in [0.25, 0.3) is 0 Å². The van der Waals surface area contributed by atoms with Crippen molar-refractivity contribution in [1.82, 2.24) is 5.32 Å². The maximum Gasteiger partial charge on any atom is 0.115 e. The lowest BCUT2D eigenvalue weighted by Crippen LogP contribution is -2.33. The van der Waals surface area contributed by atoms with Crippen molar-refractivity contribution in [1.29, 1.82) is 0 Å². The number of aliphatic hydroxyl groups excluding tert-OH is 1. The van der Waals surface area contributed by atoms with Crippen LogP contribution in [0.5, 0.6) is 5.75 Å². The quantitative estimate of drug-likeness (QED) is 0.751. The molecule has 3 heteroatoms. The molecule has 1 aliphatic heterocycles. The summed E-state index contributed by atoms with van der Waals surface area (Å²) >= 11 is 0. The van der Waals surface area contributed by atoms with Crippen LogP contribution in [0.2, 0.25) is 0 Å². The Kier molecular flexibility index (Phi) is 4.02. The fourth-order valence-corrected chi connectivity index (χ4v) is 2.62. The van der Waals surface area contributed by atoms with Gasteiger partial charge in [-0.15, -0.1) is 0 Å². The fraction of sp³-hybridized carbons (Fsp3) is 0.571. The Labute approximate surface area is 102 Å². The number of aromatic hydroxyl groups is 1. The van der Waals surface area contributed by atoms with Crippen molar-refractivity contribution in [2.75, 3.05) is 0 Å². The Morgan fingerprint density at radius 1 is 1.41 bits per heavy atom.